The Morgan fingerprint density at radius 2 is 1.95 bits per heavy atom. The maximum absolute atomic E-state index is 6.01. The van der Waals surface area contributed by atoms with E-state index in [9.17, 15) is 0 Å². The molecule has 0 aliphatic carbocycles. The molecule has 1 heterocycles. The normalized spacial score (nSPS) is 10.8. The number of hydrogen-bond acceptors (Lipinski definition) is 2. The molecule has 0 fully saturated rings. The molecule has 0 bridgehead atoms. The highest BCUT2D eigenvalue weighted by Crippen LogP contribution is 2.26. The Morgan fingerprint density at radius 3 is 2.76 bits per heavy atom. The molecule has 3 rings (SSSR count). The third-order valence-electron chi connectivity index (χ3n) is 3.33. The Bertz CT molecular complexity index is 802. The van der Waals surface area contributed by atoms with Crippen LogP contribution in [0.15, 0.2) is 53.0 Å². The number of rotatable bonds is 3. The number of benzene rings is 2. The molecule has 0 aliphatic heterocycles. The molecule has 4 heteroatoms. The zero-order valence-corrected chi connectivity index (χ0v) is 13.9. The van der Waals surface area contributed by atoms with E-state index < -0.39 is 0 Å². The lowest BCUT2D eigenvalue weighted by molar-refractivity contribution is 1.13. The van der Waals surface area contributed by atoms with Crippen LogP contribution in [0, 0.1) is 6.92 Å². The molecule has 0 saturated heterocycles. The van der Waals surface area contributed by atoms with Gasteiger partial charge in [0.05, 0.1) is 10.5 Å². The van der Waals surface area contributed by atoms with Crippen LogP contribution in [0.5, 0.6) is 0 Å². The van der Waals surface area contributed by atoms with Crippen molar-refractivity contribution in [1.29, 1.82) is 0 Å². The molecule has 1 aromatic heterocycles. The fourth-order valence-corrected chi connectivity index (χ4v) is 2.84. The Balaban J connectivity index is 1.89. The van der Waals surface area contributed by atoms with E-state index in [0.717, 1.165) is 27.9 Å². The van der Waals surface area contributed by atoms with Gasteiger partial charge in [-0.05, 0) is 58.7 Å². The van der Waals surface area contributed by atoms with Crippen LogP contribution in [0.4, 0.5) is 5.69 Å². The van der Waals surface area contributed by atoms with Gasteiger partial charge in [0.2, 0.25) is 0 Å². The number of nitrogens with zero attached hydrogens (tertiary/aromatic N) is 1. The van der Waals surface area contributed by atoms with Crippen LogP contribution in [0.25, 0.3) is 10.9 Å². The summed E-state index contributed by atoms with van der Waals surface area (Å²) < 4.78 is 0.893. The first kappa shape index (κ1) is 14.4. The van der Waals surface area contributed by atoms with E-state index in [2.05, 4.69) is 38.4 Å². The predicted octanol–water partition coefficient (Wildman–Crippen LogP) is 5.57. The van der Waals surface area contributed by atoms with E-state index in [1.54, 1.807) is 0 Å². The van der Waals surface area contributed by atoms with Gasteiger partial charge < -0.3 is 5.32 Å². The average Bonchev–Trinajstić information content (AvgIpc) is 2.48. The largest absolute Gasteiger partial charge is 0.381 e. The number of halogens is 2. The van der Waals surface area contributed by atoms with Crippen LogP contribution in [-0.4, -0.2) is 4.98 Å². The Morgan fingerprint density at radius 1 is 1.14 bits per heavy atom. The maximum Gasteiger partial charge on any atom is 0.0708 e. The lowest BCUT2D eigenvalue weighted by Gasteiger charge is -2.11. The number of anilines is 1. The van der Waals surface area contributed by atoms with Crippen LogP contribution in [-0.2, 0) is 6.54 Å². The third-order valence-corrected chi connectivity index (χ3v) is 4.55. The summed E-state index contributed by atoms with van der Waals surface area (Å²) in [5.74, 6) is 0. The molecule has 2 aromatic carbocycles. The van der Waals surface area contributed by atoms with Gasteiger partial charge in [-0.15, -0.1) is 0 Å². The molecule has 0 atom stereocenters. The minimum absolute atomic E-state index is 0.714. The topological polar surface area (TPSA) is 24.9 Å². The predicted molar refractivity (Wildman–Crippen MR) is 93.0 cm³/mol. The second kappa shape index (κ2) is 6.04. The van der Waals surface area contributed by atoms with Gasteiger partial charge in [-0.3, -0.25) is 4.98 Å². The van der Waals surface area contributed by atoms with Crippen molar-refractivity contribution in [2.75, 3.05) is 5.32 Å². The summed E-state index contributed by atoms with van der Waals surface area (Å²) in [7, 11) is 0. The molecule has 106 valence electrons. The molecule has 0 spiro atoms. The van der Waals surface area contributed by atoms with Gasteiger partial charge in [0.25, 0.3) is 0 Å². The third kappa shape index (κ3) is 3.20. The van der Waals surface area contributed by atoms with Crippen molar-refractivity contribution < 1.29 is 0 Å². The summed E-state index contributed by atoms with van der Waals surface area (Å²) in [6, 6.07) is 16.2. The van der Waals surface area contributed by atoms with Crippen LogP contribution in [0.1, 0.15) is 11.3 Å². The minimum Gasteiger partial charge on any atom is -0.381 e. The fraction of sp³-hybridized carbons (Fsp3) is 0.118. The maximum atomic E-state index is 6.01. The quantitative estimate of drug-likeness (QED) is 0.659. The summed E-state index contributed by atoms with van der Waals surface area (Å²) in [4.78, 5) is 4.56. The van der Waals surface area contributed by atoms with Crippen LogP contribution >= 0.6 is 27.5 Å². The van der Waals surface area contributed by atoms with Crippen molar-refractivity contribution in [2.45, 2.75) is 13.5 Å². The van der Waals surface area contributed by atoms with E-state index in [0.29, 0.717) is 5.02 Å². The summed E-state index contributed by atoms with van der Waals surface area (Å²) in [5, 5.41) is 5.33. The Hall–Kier alpha value is -1.58. The smallest absolute Gasteiger partial charge is 0.0708 e. The first-order valence-electron chi connectivity index (χ1n) is 6.68. The van der Waals surface area contributed by atoms with E-state index in [4.69, 9.17) is 11.6 Å². The van der Waals surface area contributed by atoms with Crippen molar-refractivity contribution in [3.05, 3.63) is 69.3 Å². The van der Waals surface area contributed by atoms with Gasteiger partial charge >= 0.3 is 0 Å². The number of nitrogens with one attached hydrogen (secondary N) is 1. The highest BCUT2D eigenvalue weighted by atomic mass is 79.9. The summed E-state index contributed by atoms with van der Waals surface area (Å²) >= 11 is 9.46. The number of fused-ring (bicyclic) bond motifs is 1. The first-order chi connectivity index (χ1) is 10.1. The molecule has 21 heavy (non-hydrogen) atoms. The van der Waals surface area contributed by atoms with Crippen molar-refractivity contribution >= 4 is 44.1 Å². The molecule has 0 aliphatic rings. The number of aryl methyl sites for hydroxylation is 1. The van der Waals surface area contributed by atoms with Crippen molar-refractivity contribution in [3.63, 3.8) is 0 Å². The molecular weight excluding hydrogens is 348 g/mol. The molecule has 0 amide bonds. The highest BCUT2D eigenvalue weighted by Gasteiger charge is 2.04. The molecule has 0 saturated carbocycles. The molecule has 1 N–H and O–H groups in total. The van der Waals surface area contributed by atoms with Crippen molar-refractivity contribution in [3.8, 4) is 0 Å². The Labute approximate surface area is 137 Å². The van der Waals surface area contributed by atoms with E-state index in [1.807, 2.05) is 43.3 Å². The van der Waals surface area contributed by atoms with Crippen LogP contribution in [0.2, 0.25) is 5.02 Å². The van der Waals surface area contributed by atoms with Gasteiger partial charge in [0.1, 0.15) is 0 Å². The zero-order chi connectivity index (χ0) is 14.8. The molecule has 0 unspecified atom stereocenters. The van der Waals surface area contributed by atoms with Gasteiger partial charge in [-0.1, -0.05) is 29.8 Å². The van der Waals surface area contributed by atoms with E-state index >= 15 is 0 Å². The summed E-state index contributed by atoms with van der Waals surface area (Å²) in [5.41, 5.74) is 4.34. The molecular formula is C17H14BrClN2. The van der Waals surface area contributed by atoms with Gasteiger partial charge in [0.15, 0.2) is 0 Å². The first-order valence-corrected chi connectivity index (χ1v) is 7.85. The summed E-state index contributed by atoms with van der Waals surface area (Å²) in [6.07, 6.45) is 0. The standard InChI is InChI=1S/C17H14BrClN2/c1-11-8-12(14-4-2-3-5-17(14)21-11)10-20-13-6-7-16(19)15(18)9-13/h2-9,20H,10H2,1H3. The molecule has 3 aromatic rings. The monoisotopic (exact) mass is 360 g/mol. The number of pyridine rings is 1. The Kier molecular flexibility index (Phi) is 4.13. The number of aromatic nitrogens is 1. The zero-order valence-electron chi connectivity index (χ0n) is 11.5. The van der Waals surface area contributed by atoms with E-state index in [-0.39, 0.29) is 0 Å². The fourth-order valence-electron chi connectivity index (χ4n) is 2.34. The van der Waals surface area contributed by atoms with E-state index in [1.165, 1.54) is 10.9 Å². The van der Waals surface area contributed by atoms with Crippen molar-refractivity contribution in [1.82, 2.24) is 4.98 Å². The van der Waals surface area contributed by atoms with Crippen LogP contribution in [0.3, 0.4) is 0 Å². The highest BCUT2D eigenvalue weighted by molar-refractivity contribution is 9.10. The van der Waals surface area contributed by atoms with Gasteiger partial charge in [0, 0.05) is 27.8 Å². The molecule has 0 radical (unpaired) electrons. The summed E-state index contributed by atoms with van der Waals surface area (Å²) in [6.45, 7) is 2.77. The number of hydrogen-bond donors (Lipinski definition) is 1. The second-order valence-electron chi connectivity index (χ2n) is 4.92. The molecule has 2 nitrogen and oxygen atoms in total. The second-order valence-corrected chi connectivity index (χ2v) is 6.18. The lowest BCUT2D eigenvalue weighted by Crippen LogP contribution is -2.01. The van der Waals surface area contributed by atoms with Gasteiger partial charge in [-0.2, -0.15) is 0 Å². The van der Waals surface area contributed by atoms with Crippen molar-refractivity contribution in [2.24, 2.45) is 0 Å². The average molecular weight is 362 g/mol. The SMILES string of the molecule is Cc1cc(CNc2ccc(Cl)c(Br)c2)c2ccccc2n1. The van der Waals surface area contributed by atoms with Gasteiger partial charge in [-0.25, -0.2) is 0 Å². The number of para-hydroxylation sites is 1. The van der Waals surface area contributed by atoms with Crippen LogP contribution < -0.4 is 5.32 Å². The lowest BCUT2D eigenvalue weighted by atomic mass is 10.1. The minimum atomic E-state index is 0.714.